The molecule has 18 heavy (non-hydrogen) atoms. The van der Waals surface area contributed by atoms with Crippen molar-refractivity contribution in [3.63, 3.8) is 0 Å². The van der Waals surface area contributed by atoms with E-state index >= 15 is 0 Å². The first kappa shape index (κ1) is 12.7. The number of aryl methyl sites for hydroxylation is 1. The Labute approximate surface area is 105 Å². The molecule has 0 saturated heterocycles. The minimum absolute atomic E-state index is 0.503. The highest BCUT2D eigenvalue weighted by Crippen LogP contribution is 2.15. The largest absolute Gasteiger partial charge is 0.384 e. The molecular weight excluding hydrogens is 232 g/mol. The molecule has 98 valence electrons. The number of aliphatic hydroxyl groups is 1. The van der Waals surface area contributed by atoms with Crippen LogP contribution >= 0.6 is 0 Å². The van der Waals surface area contributed by atoms with Gasteiger partial charge < -0.3 is 5.11 Å². The lowest BCUT2D eigenvalue weighted by atomic mass is 10.1. The Morgan fingerprint density at radius 2 is 2.17 bits per heavy atom. The molecule has 2 heterocycles. The van der Waals surface area contributed by atoms with E-state index in [4.69, 9.17) is 0 Å². The van der Waals surface area contributed by atoms with Crippen LogP contribution in [0.3, 0.4) is 0 Å². The highest BCUT2D eigenvalue weighted by Gasteiger charge is 2.20. The molecule has 0 aromatic carbocycles. The van der Waals surface area contributed by atoms with Crippen molar-refractivity contribution in [2.75, 3.05) is 0 Å². The van der Waals surface area contributed by atoms with Crippen molar-refractivity contribution in [1.82, 2.24) is 29.8 Å². The molecule has 0 bridgehead atoms. The van der Waals surface area contributed by atoms with E-state index in [0.29, 0.717) is 12.2 Å². The fourth-order valence-corrected chi connectivity index (χ4v) is 1.61. The molecular formula is C11H18N6O. The Hall–Kier alpha value is -1.76. The lowest BCUT2D eigenvalue weighted by molar-refractivity contribution is 0.0737. The van der Waals surface area contributed by atoms with Crippen LogP contribution in [0.25, 0.3) is 0 Å². The zero-order valence-electron chi connectivity index (χ0n) is 10.9. The van der Waals surface area contributed by atoms with Crippen LogP contribution in [0, 0.1) is 0 Å². The summed E-state index contributed by atoms with van der Waals surface area (Å²) in [6.07, 6.45) is 4.27. The number of aromatic nitrogens is 6. The van der Waals surface area contributed by atoms with Gasteiger partial charge >= 0.3 is 0 Å². The molecule has 2 rings (SSSR count). The molecule has 0 aliphatic carbocycles. The second kappa shape index (κ2) is 4.85. The van der Waals surface area contributed by atoms with Gasteiger partial charge in [-0.3, -0.25) is 0 Å². The van der Waals surface area contributed by atoms with E-state index in [0.717, 1.165) is 18.8 Å². The van der Waals surface area contributed by atoms with Crippen molar-refractivity contribution in [3.8, 4) is 0 Å². The molecule has 7 heteroatoms. The summed E-state index contributed by atoms with van der Waals surface area (Å²) in [7, 11) is 0. The third-order valence-electron chi connectivity index (χ3n) is 2.60. The Bertz CT molecular complexity index is 510. The Kier molecular flexibility index (Phi) is 3.42. The van der Waals surface area contributed by atoms with Crippen LogP contribution in [0.4, 0.5) is 0 Å². The molecule has 0 atom stereocenters. The van der Waals surface area contributed by atoms with Crippen LogP contribution in [0.1, 0.15) is 38.7 Å². The van der Waals surface area contributed by atoms with Crippen molar-refractivity contribution in [2.45, 2.75) is 45.9 Å². The predicted octanol–water partition coefficient (Wildman–Crippen LogP) is 0.555. The zero-order valence-corrected chi connectivity index (χ0v) is 10.9. The van der Waals surface area contributed by atoms with E-state index in [-0.39, 0.29) is 0 Å². The van der Waals surface area contributed by atoms with E-state index in [9.17, 15) is 5.11 Å². The number of hydrogen-bond donors (Lipinski definition) is 1. The zero-order chi connectivity index (χ0) is 13.2. The maximum absolute atomic E-state index is 9.82. The van der Waals surface area contributed by atoms with Crippen molar-refractivity contribution < 1.29 is 5.11 Å². The molecule has 0 amide bonds. The van der Waals surface area contributed by atoms with Crippen molar-refractivity contribution in [1.29, 1.82) is 0 Å². The van der Waals surface area contributed by atoms with Gasteiger partial charge in [0, 0.05) is 6.54 Å². The standard InChI is InChI=1S/C11H18N6O/c1-4-5-17-10(12-8-13-17)7-16-6-9(14-15-16)11(2,3)18/h6,8,18H,4-5,7H2,1-3H3. The quantitative estimate of drug-likeness (QED) is 0.838. The van der Waals surface area contributed by atoms with Gasteiger partial charge in [-0.05, 0) is 20.3 Å². The van der Waals surface area contributed by atoms with E-state index in [1.807, 2.05) is 4.68 Å². The van der Waals surface area contributed by atoms with Gasteiger partial charge in [0.2, 0.25) is 0 Å². The molecule has 7 nitrogen and oxygen atoms in total. The van der Waals surface area contributed by atoms with Gasteiger partial charge in [-0.2, -0.15) is 5.10 Å². The first-order chi connectivity index (χ1) is 8.50. The van der Waals surface area contributed by atoms with Gasteiger partial charge in [0.15, 0.2) is 0 Å². The smallest absolute Gasteiger partial charge is 0.148 e. The summed E-state index contributed by atoms with van der Waals surface area (Å²) in [5.41, 5.74) is -0.431. The lowest BCUT2D eigenvalue weighted by Crippen LogP contribution is -2.16. The van der Waals surface area contributed by atoms with Gasteiger partial charge in [-0.25, -0.2) is 14.3 Å². The molecule has 1 N–H and O–H groups in total. The van der Waals surface area contributed by atoms with E-state index in [2.05, 4.69) is 27.3 Å². The summed E-state index contributed by atoms with van der Waals surface area (Å²) in [6, 6.07) is 0. The second-order valence-electron chi connectivity index (χ2n) is 4.76. The van der Waals surface area contributed by atoms with Crippen LogP contribution in [0.15, 0.2) is 12.5 Å². The minimum atomic E-state index is -0.977. The first-order valence-electron chi connectivity index (χ1n) is 6.00. The third-order valence-corrected chi connectivity index (χ3v) is 2.60. The molecule has 0 fully saturated rings. The van der Waals surface area contributed by atoms with Crippen LogP contribution in [-0.2, 0) is 18.7 Å². The fourth-order valence-electron chi connectivity index (χ4n) is 1.61. The molecule has 2 aromatic heterocycles. The molecule has 0 spiro atoms. The van der Waals surface area contributed by atoms with Crippen LogP contribution in [0.5, 0.6) is 0 Å². The van der Waals surface area contributed by atoms with Crippen LogP contribution in [0.2, 0.25) is 0 Å². The monoisotopic (exact) mass is 250 g/mol. The molecule has 0 aliphatic heterocycles. The topological polar surface area (TPSA) is 81.7 Å². The molecule has 0 radical (unpaired) electrons. The van der Waals surface area contributed by atoms with Crippen LogP contribution in [-0.4, -0.2) is 34.9 Å². The van der Waals surface area contributed by atoms with E-state index in [1.165, 1.54) is 0 Å². The first-order valence-corrected chi connectivity index (χ1v) is 6.00. The van der Waals surface area contributed by atoms with Crippen molar-refractivity contribution in [3.05, 3.63) is 24.0 Å². The number of rotatable bonds is 5. The van der Waals surface area contributed by atoms with Gasteiger partial charge in [0.1, 0.15) is 30.0 Å². The summed E-state index contributed by atoms with van der Waals surface area (Å²) >= 11 is 0. The van der Waals surface area contributed by atoms with Crippen LogP contribution < -0.4 is 0 Å². The summed E-state index contributed by atoms with van der Waals surface area (Å²) < 4.78 is 3.51. The molecule has 0 aliphatic rings. The molecule has 2 aromatic rings. The minimum Gasteiger partial charge on any atom is -0.384 e. The maximum Gasteiger partial charge on any atom is 0.148 e. The molecule has 0 saturated carbocycles. The highest BCUT2D eigenvalue weighted by molar-refractivity contribution is 5.03. The SMILES string of the molecule is CCCn1ncnc1Cn1cc(C(C)(C)O)nn1. The number of nitrogens with zero attached hydrogens (tertiary/aromatic N) is 6. The Morgan fingerprint density at radius 1 is 1.39 bits per heavy atom. The normalized spacial score (nSPS) is 12.0. The Balaban J connectivity index is 2.14. The van der Waals surface area contributed by atoms with Crippen molar-refractivity contribution in [2.24, 2.45) is 0 Å². The average Bonchev–Trinajstić information content (AvgIpc) is 2.89. The van der Waals surface area contributed by atoms with E-state index in [1.54, 1.807) is 31.1 Å². The lowest BCUT2D eigenvalue weighted by Gasteiger charge is -2.11. The van der Waals surface area contributed by atoms with Gasteiger partial charge in [0.25, 0.3) is 0 Å². The van der Waals surface area contributed by atoms with E-state index < -0.39 is 5.60 Å². The summed E-state index contributed by atoms with van der Waals surface area (Å²) in [4.78, 5) is 4.20. The third kappa shape index (κ3) is 2.73. The Morgan fingerprint density at radius 3 is 2.78 bits per heavy atom. The summed E-state index contributed by atoms with van der Waals surface area (Å²) in [5.74, 6) is 0.837. The highest BCUT2D eigenvalue weighted by atomic mass is 16.3. The van der Waals surface area contributed by atoms with Crippen molar-refractivity contribution >= 4 is 0 Å². The van der Waals surface area contributed by atoms with Gasteiger partial charge in [-0.15, -0.1) is 5.10 Å². The summed E-state index contributed by atoms with van der Waals surface area (Å²) in [6.45, 7) is 6.79. The second-order valence-corrected chi connectivity index (χ2v) is 4.76. The van der Waals surface area contributed by atoms with Gasteiger partial charge in [0.05, 0.1) is 6.20 Å². The number of hydrogen-bond acceptors (Lipinski definition) is 5. The maximum atomic E-state index is 9.82. The molecule has 0 unspecified atom stereocenters. The fraction of sp³-hybridized carbons (Fsp3) is 0.636. The van der Waals surface area contributed by atoms with Gasteiger partial charge in [-0.1, -0.05) is 12.1 Å². The summed E-state index contributed by atoms with van der Waals surface area (Å²) in [5, 5.41) is 21.9. The average molecular weight is 250 g/mol. The predicted molar refractivity (Wildman–Crippen MR) is 64.7 cm³/mol.